The average molecular weight is 496 g/mol. The normalized spacial score (nSPS) is 20.4. The third kappa shape index (κ3) is 4.85. The van der Waals surface area contributed by atoms with Crippen LogP contribution in [0.25, 0.3) is 6.08 Å². The van der Waals surface area contributed by atoms with Gasteiger partial charge in [-0.15, -0.1) is 0 Å². The van der Waals surface area contributed by atoms with Gasteiger partial charge in [0.25, 0.3) is 11.1 Å². The number of carbonyl (C=O) groups excluding carboxylic acids is 3. The minimum atomic E-state index is -0.639. The summed E-state index contributed by atoms with van der Waals surface area (Å²) < 4.78 is 13.8. The van der Waals surface area contributed by atoms with Crippen molar-refractivity contribution >= 4 is 46.3 Å². The molecule has 8 heteroatoms. The summed E-state index contributed by atoms with van der Waals surface area (Å²) >= 11 is 0.814. The van der Waals surface area contributed by atoms with E-state index >= 15 is 0 Å². The topological polar surface area (TPSA) is 69.7 Å². The summed E-state index contributed by atoms with van der Waals surface area (Å²) in [6.45, 7) is 11.3. The monoisotopic (exact) mass is 495 g/mol. The predicted molar refractivity (Wildman–Crippen MR) is 139 cm³/mol. The van der Waals surface area contributed by atoms with Gasteiger partial charge in [0.05, 0.1) is 10.6 Å². The molecule has 0 spiro atoms. The van der Waals surface area contributed by atoms with Gasteiger partial charge in [-0.3, -0.25) is 19.3 Å². The van der Waals surface area contributed by atoms with Crippen LogP contribution in [0, 0.1) is 12.7 Å². The van der Waals surface area contributed by atoms with Crippen molar-refractivity contribution in [3.05, 3.63) is 63.8 Å². The Morgan fingerprint density at radius 2 is 1.97 bits per heavy atom. The van der Waals surface area contributed by atoms with Gasteiger partial charge in [0.15, 0.2) is 0 Å². The van der Waals surface area contributed by atoms with E-state index in [0.29, 0.717) is 5.92 Å². The predicted octanol–water partition coefficient (Wildman–Crippen LogP) is 5.92. The molecule has 0 aliphatic carbocycles. The van der Waals surface area contributed by atoms with Gasteiger partial charge in [-0.25, -0.2) is 4.39 Å². The second kappa shape index (κ2) is 9.49. The minimum absolute atomic E-state index is 0.00289. The van der Waals surface area contributed by atoms with E-state index in [2.05, 4.69) is 50.0 Å². The Hall–Kier alpha value is -3.13. The fraction of sp³-hybridized carbons (Fsp3) is 0.370. The Labute approximate surface area is 209 Å². The number of thioether (sulfide) groups is 1. The van der Waals surface area contributed by atoms with E-state index in [1.165, 1.54) is 29.4 Å². The van der Waals surface area contributed by atoms with E-state index in [9.17, 15) is 18.8 Å². The second-order valence-electron chi connectivity index (χ2n) is 9.73. The number of hydrogen-bond acceptors (Lipinski definition) is 5. The Morgan fingerprint density at radius 1 is 1.26 bits per heavy atom. The molecule has 1 atom stereocenters. The first-order valence-electron chi connectivity index (χ1n) is 11.7. The number of aryl methyl sites for hydroxylation is 1. The highest BCUT2D eigenvalue weighted by Crippen LogP contribution is 2.45. The summed E-state index contributed by atoms with van der Waals surface area (Å²) in [5.74, 6) is -1.39. The Balaban J connectivity index is 1.56. The highest BCUT2D eigenvalue weighted by atomic mass is 32.2. The Bertz CT molecular complexity index is 1240. The first kappa shape index (κ1) is 25.0. The van der Waals surface area contributed by atoms with Crippen LogP contribution in [0.15, 0.2) is 41.3 Å². The summed E-state index contributed by atoms with van der Waals surface area (Å²) in [6, 6.07) is 10.0. The first-order valence-corrected chi connectivity index (χ1v) is 12.6. The maximum absolute atomic E-state index is 13.8. The molecule has 0 unspecified atom stereocenters. The quantitative estimate of drug-likeness (QED) is 0.522. The molecule has 1 N–H and O–H groups in total. The number of rotatable bonds is 5. The average Bonchev–Trinajstić information content (AvgIpc) is 3.03. The number of fused-ring (bicyclic) bond motifs is 1. The van der Waals surface area contributed by atoms with Crippen LogP contribution in [0.4, 0.5) is 20.6 Å². The van der Waals surface area contributed by atoms with Crippen LogP contribution in [0.2, 0.25) is 0 Å². The number of anilines is 2. The molecule has 6 nitrogen and oxygen atoms in total. The van der Waals surface area contributed by atoms with Crippen molar-refractivity contribution in [2.75, 3.05) is 23.3 Å². The summed E-state index contributed by atoms with van der Waals surface area (Å²) in [4.78, 5) is 41.5. The number of nitrogens with one attached hydrogen (secondary N) is 1. The van der Waals surface area contributed by atoms with Crippen molar-refractivity contribution in [1.29, 1.82) is 0 Å². The number of hydrogen-bond donors (Lipinski definition) is 1. The second-order valence-corrected chi connectivity index (χ2v) is 10.7. The van der Waals surface area contributed by atoms with Crippen LogP contribution in [0.5, 0.6) is 0 Å². The summed E-state index contributed by atoms with van der Waals surface area (Å²) in [6.07, 6.45) is 2.75. The number of carbonyl (C=O) groups is 3. The maximum atomic E-state index is 13.8. The van der Waals surface area contributed by atoms with Gasteiger partial charge < -0.3 is 10.2 Å². The van der Waals surface area contributed by atoms with Gasteiger partial charge in [0.1, 0.15) is 12.4 Å². The highest BCUT2D eigenvalue weighted by molar-refractivity contribution is 8.18. The molecule has 2 aromatic rings. The van der Waals surface area contributed by atoms with Crippen molar-refractivity contribution in [3.8, 4) is 0 Å². The van der Waals surface area contributed by atoms with Crippen molar-refractivity contribution in [2.45, 2.75) is 52.5 Å². The SMILES string of the molecule is CCN1c2cc(C)c(/C=C3\SC(=O)N(CC(=O)Nc4ccccc4F)C3=O)cc2[C@@H](C)CC1(C)C. The molecule has 2 aliphatic rings. The van der Waals surface area contributed by atoms with Gasteiger partial charge in [-0.2, -0.15) is 0 Å². The standard InChI is InChI=1S/C27H30FN3O3S/c1-6-31-22-11-16(2)18(12-19(22)17(3)14-27(31,4)5)13-23-25(33)30(26(34)35-23)15-24(32)29-21-10-8-7-9-20(21)28/h7-13,17H,6,14-15H2,1-5H3,(H,29,32)/b23-13-/t17-/m0/s1. The molecular formula is C27H30FN3O3S. The molecule has 35 heavy (non-hydrogen) atoms. The molecule has 184 valence electrons. The largest absolute Gasteiger partial charge is 0.366 e. The summed E-state index contributed by atoms with van der Waals surface area (Å²) in [7, 11) is 0. The van der Waals surface area contributed by atoms with Crippen molar-refractivity contribution < 1.29 is 18.8 Å². The molecule has 2 aliphatic heterocycles. The third-order valence-electron chi connectivity index (χ3n) is 6.70. The molecule has 0 bridgehead atoms. The van der Waals surface area contributed by atoms with Crippen molar-refractivity contribution in [2.24, 2.45) is 0 Å². The molecule has 4 rings (SSSR count). The highest BCUT2D eigenvalue weighted by Gasteiger charge is 2.38. The molecule has 2 aromatic carbocycles. The molecule has 1 fully saturated rings. The molecule has 1 saturated heterocycles. The smallest absolute Gasteiger partial charge is 0.294 e. The molecule has 0 radical (unpaired) electrons. The van der Waals surface area contributed by atoms with E-state index in [1.807, 2.05) is 6.92 Å². The van der Waals surface area contributed by atoms with Crippen LogP contribution in [0.1, 0.15) is 56.7 Å². The number of benzene rings is 2. The first-order chi connectivity index (χ1) is 16.5. The maximum Gasteiger partial charge on any atom is 0.294 e. The Kier molecular flexibility index (Phi) is 6.77. The zero-order valence-corrected chi connectivity index (χ0v) is 21.5. The fourth-order valence-electron chi connectivity index (χ4n) is 5.08. The van der Waals surface area contributed by atoms with E-state index < -0.39 is 29.4 Å². The van der Waals surface area contributed by atoms with E-state index in [4.69, 9.17) is 0 Å². The third-order valence-corrected chi connectivity index (χ3v) is 7.61. The molecular weight excluding hydrogens is 465 g/mol. The van der Waals surface area contributed by atoms with Gasteiger partial charge in [-0.1, -0.05) is 19.1 Å². The van der Waals surface area contributed by atoms with Crippen molar-refractivity contribution in [1.82, 2.24) is 4.90 Å². The Morgan fingerprint density at radius 3 is 2.66 bits per heavy atom. The van der Waals surface area contributed by atoms with Gasteiger partial charge in [0.2, 0.25) is 5.91 Å². The van der Waals surface area contributed by atoms with Crippen LogP contribution in [0.3, 0.4) is 0 Å². The molecule has 0 aromatic heterocycles. The minimum Gasteiger partial charge on any atom is -0.366 e. The lowest BCUT2D eigenvalue weighted by Gasteiger charge is -2.47. The van der Waals surface area contributed by atoms with E-state index in [-0.39, 0.29) is 16.1 Å². The lowest BCUT2D eigenvalue weighted by molar-refractivity contribution is -0.127. The summed E-state index contributed by atoms with van der Waals surface area (Å²) in [5, 5.41) is 1.89. The lowest BCUT2D eigenvalue weighted by Crippen LogP contribution is -2.48. The zero-order valence-electron chi connectivity index (χ0n) is 20.6. The van der Waals surface area contributed by atoms with E-state index in [1.54, 1.807) is 12.1 Å². The number of amides is 3. The van der Waals surface area contributed by atoms with Crippen LogP contribution in [-0.4, -0.2) is 40.6 Å². The number of halogens is 1. The van der Waals surface area contributed by atoms with Crippen LogP contribution >= 0.6 is 11.8 Å². The van der Waals surface area contributed by atoms with E-state index in [0.717, 1.165) is 40.8 Å². The number of imide groups is 1. The van der Waals surface area contributed by atoms with Gasteiger partial charge >= 0.3 is 0 Å². The number of nitrogens with zero attached hydrogens (tertiary/aromatic N) is 2. The molecule has 2 heterocycles. The fourth-order valence-corrected chi connectivity index (χ4v) is 5.91. The van der Waals surface area contributed by atoms with Gasteiger partial charge in [0, 0.05) is 17.8 Å². The van der Waals surface area contributed by atoms with Gasteiger partial charge in [-0.05, 0) is 98.8 Å². The number of para-hydroxylation sites is 1. The van der Waals surface area contributed by atoms with Crippen LogP contribution < -0.4 is 10.2 Å². The zero-order chi connectivity index (χ0) is 25.5. The molecule has 0 saturated carbocycles. The van der Waals surface area contributed by atoms with Crippen molar-refractivity contribution in [3.63, 3.8) is 0 Å². The lowest BCUT2D eigenvalue weighted by atomic mass is 9.79. The van der Waals surface area contributed by atoms with Crippen LogP contribution in [-0.2, 0) is 9.59 Å². The summed E-state index contributed by atoms with van der Waals surface area (Å²) in [5.41, 5.74) is 4.39. The molecule has 3 amide bonds.